The Balaban J connectivity index is 1.76. The minimum absolute atomic E-state index is 0.0697. The quantitative estimate of drug-likeness (QED) is 0.461. The van der Waals surface area contributed by atoms with E-state index in [4.69, 9.17) is 4.74 Å². The number of hydrogen-bond acceptors (Lipinski definition) is 3. The molecule has 0 radical (unpaired) electrons. The first-order valence-electron chi connectivity index (χ1n) is 5.56. The third-order valence-electron chi connectivity index (χ3n) is 2.37. The van der Waals surface area contributed by atoms with Crippen molar-refractivity contribution in [1.29, 1.82) is 0 Å². The molecule has 1 aliphatic carbocycles. The largest absolute Gasteiger partial charge is 0.465 e. The van der Waals surface area contributed by atoms with E-state index in [0.717, 1.165) is 11.7 Å². The zero-order chi connectivity index (χ0) is 10.2. The van der Waals surface area contributed by atoms with E-state index in [-0.39, 0.29) is 5.97 Å². The van der Waals surface area contributed by atoms with Crippen molar-refractivity contribution in [2.45, 2.75) is 39.0 Å². The topological polar surface area (TPSA) is 26.3 Å². The summed E-state index contributed by atoms with van der Waals surface area (Å²) < 4.78 is 4.84. The van der Waals surface area contributed by atoms with Gasteiger partial charge in [-0.3, -0.25) is 4.79 Å². The maximum absolute atomic E-state index is 11.0. The van der Waals surface area contributed by atoms with Crippen molar-refractivity contribution in [3.05, 3.63) is 0 Å². The second-order valence-electron chi connectivity index (χ2n) is 3.80. The van der Waals surface area contributed by atoms with Gasteiger partial charge in [0.15, 0.2) is 0 Å². The van der Waals surface area contributed by atoms with Gasteiger partial charge in [-0.1, -0.05) is 25.7 Å². The van der Waals surface area contributed by atoms with Gasteiger partial charge in [0.05, 0.1) is 12.4 Å². The first kappa shape index (κ1) is 11.9. The highest BCUT2D eigenvalue weighted by Crippen LogP contribution is 2.33. The number of esters is 1. The van der Waals surface area contributed by atoms with Crippen LogP contribution in [0, 0.1) is 5.92 Å². The van der Waals surface area contributed by atoms with Crippen LogP contribution in [0.1, 0.15) is 39.0 Å². The zero-order valence-corrected chi connectivity index (χ0v) is 9.78. The molecule has 0 aromatic heterocycles. The lowest BCUT2D eigenvalue weighted by molar-refractivity contribution is -0.139. The van der Waals surface area contributed by atoms with Crippen LogP contribution >= 0.6 is 11.8 Å². The zero-order valence-electron chi connectivity index (χ0n) is 8.96. The standard InChI is InChI=1S/C11H20O2S/c1-2-13-11(12)9-14-8-4-3-5-10-6-7-10/h10H,2-9H2,1H3. The molecule has 0 aliphatic heterocycles. The number of rotatable bonds is 8. The Bertz CT molecular complexity index is 167. The summed E-state index contributed by atoms with van der Waals surface area (Å²) in [6.07, 6.45) is 6.90. The molecule has 0 aromatic rings. The lowest BCUT2D eigenvalue weighted by atomic mass is 10.2. The summed E-state index contributed by atoms with van der Waals surface area (Å²) in [7, 11) is 0. The Labute approximate surface area is 90.8 Å². The molecule has 0 saturated heterocycles. The van der Waals surface area contributed by atoms with Crippen molar-refractivity contribution < 1.29 is 9.53 Å². The van der Waals surface area contributed by atoms with E-state index in [1.54, 1.807) is 11.8 Å². The third-order valence-corrected chi connectivity index (χ3v) is 3.39. The fourth-order valence-corrected chi connectivity index (χ4v) is 2.20. The number of carbonyl (C=O) groups excluding carboxylic acids is 1. The molecule has 14 heavy (non-hydrogen) atoms. The summed E-state index contributed by atoms with van der Waals surface area (Å²) in [4.78, 5) is 11.0. The lowest BCUT2D eigenvalue weighted by Gasteiger charge is -2.01. The number of carbonyl (C=O) groups is 1. The normalized spacial score (nSPS) is 15.5. The van der Waals surface area contributed by atoms with Crippen LogP contribution in [0.15, 0.2) is 0 Å². The minimum Gasteiger partial charge on any atom is -0.465 e. The van der Waals surface area contributed by atoms with Crippen LogP contribution in [0.2, 0.25) is 0 Å². The SMILES string of the molecule is CCOC(=O)CSCCCCC1CC1. The van der Waals surface area contributed by atoms with Gasteiger partial charge in [-0.2, -0.15) is 11.8 Å². The van der Waals surface area contributed by atoms with Gasteiger partial charge < -0.3 is 4.74 Å². The highest BCUT2D eigenvalue weighted by atomic mass is 32.2. The van der Waals surface area contributed by atoms with Crippen LogP contribution in [0.4, 0.5) is 0 Å². The Hall–Kier alpha value is -0.180. The van der Waals surface area contributed by atoms with Gasteiger partial charge in [0, 0.05) is 0 Å². The molecule has 1 saturated carbocycles. The van der Waals surface area contributed by atoms with Crippen molar-refractivity contribution in [3.63, 3.8) is 0 Å². The molecular weight excluding hydrogens is 196 g/mol. The molecule has 0 spiro atoms. The van der Waals surface area contributed by atoms with E-state index < -0.39 is 0 Å². The molecule has 0 atom stereocenters. The summed E-state index contributed by atoms with van der Waals surface area (Å²) in [6, 6.07) is 0. The molecule has 1 aliphatic rings. The van der Waals surface area contributed by atoms with Gasteiger partial charge in [-0.15, -0.1) is 0 Å². The van der Waals surface area contributed by atoms with Gasteiger partial charge in [0.25, 0.3) is 0 Å². The highest BCUT2D eigenvalue weighted by Gasteiger charge is 2.19. The average molecular weight is 216 g/mol. The molecule has 82 valence electrons. The van der Waals surface area contributed by atoms with E-state index in [1.165, 1.54) is 32.1 Å². The summed E-state index contributed by atoms with van der Waals surface area (Å²) in [6.45, 7) is 2.35. The third kappa shape index (κ3) is 6.30. The van der Waals surface area contributed by atoms with Crippen LogP contribution < -0.4 is 0 Å². The van der Waals surface area contributed by atoms with Crippen LogP contribution in [0.3, 0.4) is 0 Å². The molecule has 1 rings (SSSR count). The Kier molecular flexibility index (Phi) is 6.08. The molecule has 0 unspecified atom stereocenters. The van der Waals surface area contributed by atoms with Crippen LogP contribution in [0.25, 0.3) is 0 Å². The predicted octanol–water partition coefficient (Wildman–Crippen LogP) is 2.86. The molecular formula is C11H20O2S. The summed E-state index contributed by atoms with van der Waals surface area (Å²) in [5.41, 5.74) is 0. The molecule has 1 fully saturated rings. The Morgan fingerprint density at radius 3 is 2.86 bits per heavy atom. The number of unbranched alkanes of at least 4 members (excludes halogenated alkanes) is 1. The number of ether oxygens (including phenoxy) is 1. The summed E-state index contributed by atoms with van der Waals surface area (Å²) >= 11 is 1.70. The Morgan fingerprint density at radius 2 is 2.21 bits per heavy atom. The van der Waals surface area contributed by atoms with E-state index in [9.17, 15) is 4.79 Å². The fourth-order valence-electron chi connectivity index (χ4n) is 1.40. The molecule has 0 amide bonds. The molecule has 0 aromatic carbocycles. The molecule has 3 heteroatoms. The first-order valence-corrected chi connectivity index (χ1v) is 6.71. The second-order valence-corrected chi connectivity index (χ2v) is 4.90. The van der Waals surface area contributed by atoms with Gasteiger partial charge >= 0.3 is 5.97 Å². The van der Waals surface area contributed by atoms with Crippen molar-refractivity contribution in [2.24, 2.45) is 5.92 Å². The van der Waals surface area contributed by atoms with Gasteiger partial charge in [-0.25, -0.2) is 0 Å². The molecule has 2 nitrogen and oxygen atoms in total. The van der Waals surface area contributed by atoms with Crippen molar-refractivity contribution in [3.8, 4) is 0 Å². The summed E-state index contributed by atoms with van der Waals surface area (Å²) in [5, 5.41) is 0. The van der Waals surface area contributed by atoms with Gasteiger partial charge in [0.2, 0.25) is 0 Å². The second kappa shape index (κ2) is 7.16. The maximum Gasteiger partial charge on any atom is 0.315 e. The monoisotopic (exact) mass is 216 g/mol. The molecule has 0 N–H and O–H groups in total. The fraction of sp³-hybridized carbons (Fsp3) is 0.909. The van der Waals surface area contributed by atoms with E-state index in [2.05, 4.69) is 0 Å². The van der Waals surface area contributed by atoms with Crippen molar-refractivity contribution in [2.75, 3.05) is 18.1 Å². The average Bonchev–Trinajstić information content (AvgIpc) is 2.95. The smallest absolute Gasteiger partial charge is 0.315 e. The maximum atomic E-state index is 11.0. The first-order chi connectivity index (χ1) is 6.83. The van der Waals surface area contributed by atoms with Crippen LogP contribution in [-0.4, -0.2) is 24.1 Å². The van der Waals surface area contributed by atoms with Crippen molar-refractivity contribution >= 4 is 17.7 Å². The predicted molar refractivity (Wildman–Crippen MR) is 60.5 cm³/mol. The van der Waals surface area contributed by atoms with Crippen LogP contribution in [0.5, 0.6) is 0 Å². The summed E-state index contributed by atoms with van der Waals surface area (Å²) in [5.74, 6) is 2.60. The van der Waals surface area contributed by atoms with Gasteiger partial charge in [-0.05, 0) is 25.0 Å². The molecule has 0 heterocycles. The lowest BCUT2D eigenvalue weighted by Crippen LogP contribution is -2.06. The van der Waals surface area contributed by atoms with E-state index >= 15 is 0 Å². The highest BCUT2D eigenvalue weighted by molar-refractivity contribution is 7.99. The van der Waals surface area contributed by atoms with Crippen LogP contribution in [-0.2, 0) is 9.53 Å². The Morgan fingerprint density at radius 1 is 1.43 bits per heavy atom. The molecule has 0 bridgehead atoms. The number of thioether (sulfide) groups is 1. The number of hydrogen-bond donors (Lipinski definition) is 0. The van der Waals surface area contributed by atoms with Crippen molar-refractivity contribution in [1.82, 2.24) is 0 Å². The van der Waals surface area contributed by atoms with Gasteiger partial charge in [0.1, 0.15) is 0 Å². The van der Waals surface area contributed by atoms with E-state index in [1.807, 2.05) is 6.92 Å². The van der Waals surface area contributed by atoms with E-state index in [0.29, 0.717) is 12.4 Å². The minimum atomic E-state index is -0.0697.